The van der Waals surface area contributed by atoms with Gasteiger partial charge in [-0.1, -0.05) is 6.07 Å². The first-order chi connectivity index (χ1) is 18.0. The zero-order valence-corrected chi connectivity index (χ0v) is 23.4. The number of anilines is 1. The van der Waals surface area contributed by atoms with Gasteiger partial charge in [0, 0.05) is 45.7 Å². The Morgan fingerprint density at radius 3 is 2.13 bits per heavy atom. The van der Waals surface area contributed by atoms with Crippen molar-refractivity contribution in [3.05, 3.63) is 29.3 Å². The van der Waals surface area contributed by atoms with E-state index in [0.717, 1.165) is 24.5 Å². The monoisotopic (exact) mass is 589 g/mol. The Morgan fingerprint density at radius 1 is 0.846 bits per heavy atom. The molecule has 0 saturated carbocycles. The van der Waals surface area contributed by atoms with E-state index in [4.69, 9.17) is 19.9 Å². The second-order valence-corrected chi connectivity index (χ2v) is 9.10. The van der Waals surface area contributed by atoms with E-state index in [1.165, 1.54) is 0 Å². The van der Waals surface area contributed by atoms with Gasteiger partial charge in [0.2, 0.25) is 11.8 Å². The average Bonchev–Trinajstić information content (AvgIpc) is 3.15. The molecule has 3 heterocycles. The van der Waals surface area contributed by atoms with E-state index in [9.17, 15) is 19.2 Å². The van der Waals surface area contributed by atoms with Crippen LogP contribution in [0.4, 0.5) is 5.69 Å². The molecule has 3 aliphatic rings. The van der Waals surface area contributed by atoms with E-state index >= 15 is 0 Å². The van der Waals surface area contributed by atoms with E-state index in [1.807, 2.05) is 6.07 Å². The number of carbonyl (C=O) groups is 4. The second kappa shape index (κ2) is 16.1. The predicted molar refractivity (Wildman–Crippen MR) is 148 cm³/mol. The molecule has 218 valence electrons. The Bertz CT molecular complexity index is 1010. The van der Waals surface area contributed by atoms with Crippen LogP contribution in [0, 0.1) is 0 Å². The van der Waals surface area contributed by atoms with Crippen LogP contribution < -0.4 is 16.0 Å². The predicted octanol–water partition coefficient (Wildman–Crippen LogP) is 0.0619. The van der Waals surface area contributed by atoms with Crippen LogP contribution in [0.1, 0.15) is 33.6 Å². The smallest absolute Gasteiger partial charge is 0.264 e. The van der Waals surface area contributed by atoms with Crippen LogP contribution in [-0.4, -0.2) is 118 Å². The minimum atomic E-state index is -0.968. The van der Waals surface area contributed by atoms with Crippen LogP contribution in [-0.2, 0) is 23.8 Å². The summed E-state index contributed by atoms with van der Waals surface area (Å²) in [6, 6.07) is 4.26. The van der Waals surface area contributed by atoms with Crippen LogP contribution in [0.2, 0.25) is 0 Å². The number of piperazine rings is 1. The highest BCUT2D eigenvalue weighted by atomic mass is 35.5. The number of ether oxygens (including phenoxy) is 3. The molecule has 0 aromatic heterocycles. The zero-order chi connectivity index (χ0) is 26.2. The first-order valence-corrected chi connectivity index (χ1v) is 12.8. The number of benzene rings is 1. The van der Waals surface area contributed by atoms with Gasteiger partial charge in [0.1, 0.15) is 6.04 Å². The maximum atomic E-state index is 13.3. The van der Waals surface area contributed by atoms with E-state index in [1.54, 1.807) is 12.1 Å². The van der Waals surface area contributed by atoms with Crippen molar-refractivity contribution >= 4 is 54.1 Å². The van der Waals surface area contributed by atoms with Crippen molar-refractivity contribution < 1.29 is 33.4 Å². The minimum Gasteiger partial charge on any atom is -0.378 e. The lowest BCUT2D eigenvalue weighted by molar-refractivity contribution is -0.136. The molecule has 1 aromatic rings. The average molecular weight is 591 g/mol. The third kappa shape index (κ3) is 8.10. The normalized spacial score (nSPS) is 19.5. The number of amides is 4. The molecule has 1 aromatic carbocycles. The fourth-order valence-corrected chi connectivity index (χ4v) is 4.79. The second-order valence-electron chi connectivity index (χ2n) is 9.10. The zero-order valence-electron chi connectivity index (χ0n) is 21.8. The third-order valence-corrected chi connectivity index (χ3v) is 6.72. The van der Waals surface area contributed by atoms with Crippen LogP contribution in [0.3, 0.4) is 0 Å². The highest BCUT2D eigenvalue weighted by molar-refractivity contribution is 6.25. The molecule has 1 atom stereocenters. The molecule has 0 aliphatic carbocycles. The summed E-state index contributed by atoms with van der Waals surface area (Å²) in [5, 5.41) is 2.23. The van der Waals surface area contributed by atoms with Crippen LogP contribution in [0.25, 0.3) is 0 Å². The van der Waals surface area contributed by atoms with Gasteiger partial charge >= 0.3 is 0 Å². The minimum absolute atomic E-state index is 0. The maximum Gasteiger partial charge on any atom is 0.264 e. The molecular formula is C25H37Cl2N5O7. The lowest BCUT2D eigenvalue weighted by Gasteiger charge is -2.36. The van der Waals surface area contributed by atoms with Crippen LogP contribution in [0.15, 0.2) is 18.2 Å². The number of nitrogens with zero attached hydrogens (tertiary/aromatic N) is 3. The van der Waals surface area contributed by atoms with E-state index in [-0.39, 0.29) is 43.6 Å². The van der Waals surface area contributed by atoms with Gasteiger partial charge in [-0.15, -0.1) is 24.8 Å². The molecule has 2 saturated heterocycles. The fraction of sp³-hybridized carbons (Fsp3) is 0.600. The number of halogens is 2. The van der Waals surface area contributed by atoms with Crippen molar-refractivity contribution in [1.82, 2.24) is 15.1 Å². The lowest BCUT2D eigenvalue weighted by Crippen LogP contribution is -2.54. The van der Waals surface area contributed by atoms with Gasteiger partial charge in [0.15, 0.2) is 0 Å². The molecule has 3 aliphatic heterocycles. The van der Waals surface area contributed by atoms with E-state index in [0.29, 0.717) is 76.1 Å². The Hall–Kier alpha value is -2.32. The number of carbonyl (C=O) groups excluding carboxylic acids is 4. The first-order valence-electron chi connectivity index (χ1n) is 12.8. The number of fused-ring (bicyclic) bond motifs is 1. The number of piperidine rings is 1. The van der Waals surface area contributed by atoms with Crippen LogP contribution >= 0.6 is 24.8 Å². The number of hydrogen-bond donors (Lipinski definition) is 2. The Kier molecular flexibility index (Phi) is 13.5. The summed E-state index contributed by atoms with van der Waals surface area (Å²) in [6.07, 6.45) is 0.237. The summed E-state index contributed by atoms with van der Waals surface area (Å²) in [6.45, 7) is 7.50. The fourth-order valence-electron chi connectivity index (χ4n) is 4.79. The van der Waals surface area contributed by atoms with Gasteiger partial charge in [-0.05, 0) is 18.6 Å². The lowest BCUT2D eigenvalue weighted by atomic mass is 10.0. The number of rotatable bonds is 13. The SMILES string of the molecule is Cl.Cl.NCCOCCOCCOCCN1CCN(c2cccc3c2C(=O)N(C2CCC(=O)NC2=O)C3=O)CC1. The number of hydrogen-bond acceptors (Lipinski definition) is 10. The van der Waals surface area contributed by atoms with Crippen molar-refractivity contribution in [2.24, 2.45) is 5.73 Å². The van der Waals surface area contributed by atoms with Crippen molar-refractivity contribution in [2.45, 2.75) is 18.9 Å². The summed E-state index contributed by atoms with van der Waals surface area (Å²) < 4.78 is 16.3. The van der Waals surface area contributed by atoms with E-state index < -0.39 is 23.8 Å². The van der Waals surface area contributed by atoms with Gasteiger partial charge in [-0.2, -0.15) is 0 Å². The Morgan fingerprint density at radius 2 is 1.49 bits per heavy atom. The molecule has 12 nitrogen and oxygen atoms in total. The molecule has 0 bridgehead atoms. The molecule has 3 N–H and O–H groups in total. The Labute approximate surface area is 240 Å². The van der Waals surface area contributed by atoms with Gasteiger partial charge in [0.05, 0.1) is 56.5 Å². The number of nitrogens with one attached hydrogen (secondary N) is 1. The van der Waals surface area contributed by atoms with Gasteiger partial charge in [0.25, 0.3) is 11.8 Å². The molecule has 39 heavy (non-hydrogen) atoms. The number of nitrogens with two attached hydrogens (primary N) is 1. The summed E-state index contributed by atoms with van der Waals surface area (Å²) in [5.74, 6) is -1.96. The number of imide groups is 2. The molecule has 14 heteroatoms. The molecule has 4 amide bonds. The first kappa shape index (κ1) is 32.9. The van der Waals surface area contributed by atoms with Crippen molar-refractivity contribution in [2.75, 3.05) is 83.8 Å². The molecule has 1 unspecified atom stereocenters. The van der Waals surface area contributed by atoms with Gasteiger partial charge in [-0.25, -0.2) is 0 Å². The van der Waals surface area contributed by atoms with Crippen LogP contribution in [0.5, 0.6) is 0 Å². The molecule has 0 radical (unpaired) electrons. The molecule has 4 rings (SSSR count). The highest BCUT2D eigenvalue weighted by Gasteiger charge is 2.46. The summed E-state index contributed by atoms with van der Waals surface area (Å²) in [4.78, 5) is 55.7. The van der Waals surface area contributed by atoms with Crippen molar-refractivity contribution in [3.63, 3.8) is 0 Å². The third-order valence-electron chi connectivity index (χ3n) is 6.72. The van der Waals surface area contributed by atoms with Gasteiger partial charge in [-0.3, -0.25) is 34.3 Å². The summed E-state index contributed by atoms with van der Waals surface area (Å²) >= 11 is 0. The van der Waals surface area contributed by atoms with Gasteiger partial charge < -0.3 is 24.8 Å². The standard InChI is InChI=1S/C25H35N5O7.2ClH/c26-6-12-35-14-16-37-17-15-36-13-11-28-7-9-29(10-8-28)19-3-1-2-18-22(19)25(34)30(24(18)33)20-4-5-21(31)27-23(20)32;;/h1-3,20H,4-17,26H2,(H,27,31,32);2*1H. The van der Waals surface area contributed by atoms with Crippen molar-refractivity contribution in [3.8, 4) is 0 Å². The molecule has 0 spiro atoms. The molecule has 2 fully saturated rings. The molecular weight excluding hydrogens is 553 g/mol. The summed E-state index contributed by atoms with van der Waals surface area (Å²) in [5.41, 5.74) is 6.69. The topological polar surface area (TPSA) is 144 Å². The maximum absolute atomic E-state index is 13.3. The van der Waals surface area contributed by atoms with Crippen molar-refractivity contribution in [1.29, 1.82) is 0 Å². The largest absolute Gasteiger partial charge is 0.378 e. The highest BCUT2D eigenvalue weighted by Crippen LogP contribution is 2.34. The van der Waals surface area contributed by atoms with E-state index in [2.05, 4.69) is 15.1 Å². The quantitative estimate of drug-likeness (QED) is 0.239. The Balaban J connectivity index is 0.00000267. The summed E-state index contributed by atoms with van der Waals surface area (Å²) in [7, 11) is 0.